The van der Waals surface area contributed by atoms with Crippen LogP contribution in [0.1, 0.15) is 149 Å². The van der Waals surface area contributed by atoms with Gasteiger partial charge in [-0.15, -0.1) is 0 Å². The van der Waals surface area contributed by atoms with Crippen molar-refractivity contribution in [2.45, 2.75) is 167 Å². The van der Waals surface area contributed by atoms with Crippen LogP contribution in [0.2, 0.25) is 0 Å². The molecule has 238 valence electrons. The number of hydrogen-bond donors (Lipinski definition) is 4. The average Bonchev–Trinajstić information content (AvgIpc) is 2.98. The Morgan fingerprint density at radius 1 is 0.610 bits per heavy atom. The van der Waals surface area contributed by atoms with E-state index in [0.29, 0.717) is 0 Å². The van der Waals surface area contributed by atoms with Gasteiger partial charge in [0, 0.05) is 6.42 Å². The lowest BCUT2D eigenvalue weighted by Crippen LogP contribution is -2.48. The van der Waals surface area contributed by atoms with Gasteiger partial charge < -0.3 is 20.6 Å². The third kappa shape index (κ3) is 26.9. The summed E-state index contributed by atoms with van der Waals surface area (Å²) < 4.78 is 0. The maximum atomic E-state index is 12.3. The molecule has 0 bridgehead atoms. The van der Waals surface area contributed by atoms with E-state index in [1.165, 1.54) is 96.3 Å². The van der Waals surface area contributed by atoms with Crippen molar-refractivity contribution in [1.29, 1.82) is 0 Å². The number of carbonyl (C=O) groups excluding carboxylic acids is 1. The molecule has 5 nitrogen and oxygen atoms in total. The topological polar surface area (TPSA) is 89.8 Å². The van der Waals surface area contributed by atoms with Gasteiger partial charge in [-0.25, -0.2) is 0 Å². The minimum Gasteiger partial charge on any atom is -0.394 e. The fourth-order valence-electron chi connectivity index (χ4n) is 4.65. The average molecular weight is 576 g/mol. The zero-order valence-electron chi connectivity index (χ0n) is 26.7. The van der Waals surface area contributed by atoms with Gasteiger partial charge in [-0.05, 0) is 44.9 Å². The third-order valence-corrected chi connectivity index (χ3v) is 7.40. The number of aliphatic hydroxyl groups excluding tert-OH is 3. The van der Waals surface area contributed by atoms with Crippen molar-refractivity contribution >= 4 is 5.91 Å². The number of rotatable bonds is 29. The Bertz CT molecular complexity index is 685. The highest BCUT2D eigenvalue weighted by Crippen LogP contribution is 2.11. The first-order valence-corrected chi connectivity index (χ1v) is 17.0. The second kappa shape index (κ2) is 31.3. The largest absolute Gasteiger partial charge is 0.394 e. The molecule has 0 fully saturated rings. The van der Waals surface area contributed by atoms with Crippen molar-refractivity contribution in [1.82, 2.24) is 5.32 Å². The van der Waals surface area contributed by atoms with E-state index in [4.69, 9.17) is 0 Å². The number of amides is 1. The van der Waals surface area contributed by atoms with Crippen LogP contribution in [0.3, 0.4) is 0 Å². The molecule has 0 aromatic rings. The number of aliphatic hydroxyl groups is 3. The Kier molecular flexibility index (Phi) is 30.0. The first kappa shape index (κ1) is 39.3. The molecule has 0 heterocycles. The molecule has 0 aliphatic carbocycles. The maximum absolute atomic E-state index is 12.3. The number of allylic oxidation sites excluding steroid dienone is 6. The molecule has 0 aliphatic rings. The molecule has 0 rings (SSSR count). The Morgan fingerprint density at radius 3 is 1.63 bits per heavy atom. The second-order valence-corrected chi connectivity index (χ2v) is 11.4. The lowest BCUT2D eigenvalue weighted by molar-refractivity contribution is -0.131. The first-order chi connectivity index (χ1) is 20.1. The number of unbranched alkanes of at least 4 members (excludes halogenated alkanes) is 16. The Labute approximate surface area is 253 Å². The molecular formula is C36H65NO4. The highest BCUT2D eigenvalue weighted by atomic mass is 16.3. The Hall–Kier alpha value is -1.69. The zero-order chi connectivity index (χ0) is 30.2. The molecule has 0 spiro atoms. The van der Waals surface area contributed by atoms with Crippen molar-refractivity contribution < 1.29 is 20.1 Å². The van der Waals surface area contributed by atoms with E-state index in [2.05, 4.69) is 43.5 Å². The summed E-state index contributed by atoms with van der Waals surface area (Å²) in [7, 11) is 0. The Balaban J connectivity index is 3.95. The monoisotopic (exact) mass is 575 g/mol. The van der Waals surface area contributed by atoms with Crippen LogP contribution in [0.4, 0.5) is 0 Å². The van der Waals surface area contributed by atoms with Crippen molar-refractivity contribution in [3.8, 4) is 0 Å². The predicted octanol–water partition coefficient (Wildman–Crippen LogP) is 8.64. The molecule has 3 unspecified atom stereocenters. The van der Waals surface area contributed by atoms with Gasteiger partial charge in [0.2, 0.25) is 5.91 Å². The molecule has 1 amide bonds. The third-order valence-electron chi connectivity index (χ3n) is 7.40. The van der Waals surface area contributed by atoms with Crippen LogP contribution in [-0.2, 0) is 4.79 Å². The molecule has 0 aromatic carbocycles. The first-order valence-electron chi connectivity index (χ1n) is 17.0. The van der Waals surface area contributed by atoms with E-state index in [-0.39, 0.29) is 6.42 Å². The normalized spacial score (nSPS) is 14.6. The van der Waals surface area contributed by atoms with Crippen LogP contribution in [0, 0.1) is 0 Å². The quantitative estimate of drug-likeness (QED) is 0.0531. The van der Waals surface area contributed by atoms with E-state index in [1.807, 2.05) is 12.2 Å². The van der Waals surface area contributed by atoms with Crippen LogP contribution in [0.5, 0.6) is 0 Å². The van der Waals surface area contributed by atoms with Crippen LogP contribution in [0.25, 0.3) is 0 Å². The van der Waals surface area contributed by atoms with Gasteiger partial charge in [-0.3, -0.25) is 4.79 Å². The van der Waals surface area contributed by atoms with Crippen molar-refractivity contribution in [2.24, 2.45) is 0 Å². The van der Waals surface area contributed by atoms with Gasteiger partial charge in [0.25, 0.3) is 0 Å². The van der Waals surface area contributed by atoms with E-state index >= 15 is 0 Å². The summed E-state index contributed by atoms with van der Waals surface area (Å²) in [5, 5.41) is 32.7. The fourth-order valence-corrected chi connectivity index (χ4v) is 4.65. The lowest BCUT2D eigenvalue weighted by atomic mass is 10.1. The number of hydrogen-bond acceptors (Lipinski definition) is 4. The van der Waals surface area contributed by atoms with Gasteiger partial charge in [0.05, 0.1) is 18.8 Å². The molecule has 0 aliphatic heterocycles. The van der Waals surface area contributed by atoms with Gasteiger partial charge in [-0.2, -0.15) is 0 Å². The molecule has 41 heavy (non-hydrogen) atoms. The predicted molar refractivity (Wildman–Crippen MR) is 176 cm³/mol. The van der Waals surface area contributed by atoms with E-state index in [9.17, 15) is 20.1 Å². The van der Waals surface area contributed by atoms with Gasteiger partial charge >= 0.3 is 0 Å². The van der Waals surface area contributed by atoms with Gasteiger partial charge in [0.15, 0.2) is 0 Å². The second-order valence-electron chi connectivity index (χ2n) is 11.4. The van der Waals surface area contributed by atoms with Crippen molar-refractivity contribution in [2.75, 3.05) is 6.61 Å². The van der Waals surface area contributed by atoms with Crippen molar-refractivity contribution in [3.63, 3.8) is 0 Å². The molecular weight excluding hydrogens is 510 g/mol. The molecule has 0 radical (unpaired) electrons. The summed E-state index contributed by atoms with van der Waals surface area (Å²) in [5.74, 6) is -0.584. The van der Waals surface area contributed by atoms with Gasteiger partial charge in [-0.1, -0.05) is 146 Å². The highest BCUT2D eigenvalue weighted by Gasteiger charge is 2.22. The van der Waals surface area contributed by atoms with Crippen LogP contribution in [0.15, 0.2) is 48.6 Å². The van der Waals surface area contributed by atoms with Crippen LogP contribution in [-0.4, -0.2) is 46.1 Å². The SMILES string of the molecule is CCCCCCCC/C=C\C/C=C\CC(O)C(=O)NC(CO)C(O)/C=C/CC/C=C/CCCCCCCCCCC. The summed E-state index contributed by atoms with van der Waals surface area (Å²) in [6, 6.07) is -0.843. The summed E-state index contributed by atoms with van der Waals surface area (Å²) in [5.41, 5.74) is 0. The number of carbonyl (C=O) groups is 1. The Morgan fingerprint density at radius 2 is 1.07 bits per heavy atom. The van der Waals surface area contributed by atoms with Crippen LogP contribution >= 0.6 is 0 Å². The smallest absolute Gasteiger partial charge is 0.249 e. The summed E-state index contributed by atoms with van der Waals surface area (Å²) >= 11 is 0. The molecule has 0 saturated carbocycles. The summed E-state index contributed by atoms with van der Waals surface area (Å²) in [6.07, 6.45) is 38.5. The van der Waals surface area contributed by atoms with E-state index in [0.717, 1.165) is 32.1 Å². The highest BCUT2D eigenvalue weighted by molar-refractivity contribution is 5.81. The summed E-state index contributed by atoms with van der Waals surface area (Å²) in [4.78, 5) is 12.3. The minimum absolute atomic E-state index is 0.201. The lowest BCUT2D eigenvalue weighted by Gasteiger charge is -2.21. The van der Waals surface area contributed by atoms with Crippen molar-refractivity contribution in [3.05, 3.63) is 48.6 Å². The fraction of sp³-hybridized carbons (Fsp3) is 0.750. The molecule has 3 atom stereocenters. The number of nitrogens with one attached hydrogen (secondary N) is 1. The maximum Gasteiger partial charge on any atom is 0.249 e. The molecule has 0 aromatic heterocycles. The van der Waals surface area contributed by atoms with E-state index < -0.39 is 30.8 Å². The minimum atomic E-state index is -1.21. The zero-order valence-corrected chi connectivity index (χ0v) is 26.7. The molecule has 5 heteroatoms. The van der Waals surface area contributed by atoms with E-state index in [1.54, 1.807) is 12.2 Å². The van der Waals surface area contributed by atoms with Crippen LogP contribution < -0.4 is 5.32 Å². The molecule has 0 saturated heterocycles. The molecule has 4 N–H and O–H groups in total. The summed E-state index contributed by atoms with van der Waals surface area (Å²) in [6.45, 7) is 4.09. The van der Waals surface area contributed by atoms with Gasteiger partial charge in [0.1, 0.15) is 6.10 Å². The standard InChI is InChI=1S/C36H65NO4/c1-3-5-7-9-11-13-15-17-18-19-21-22-24-26-28-30-34(39)33(32-38)37-36(41)35(40)31-29-27-25-23-20-16-14-12-10-8-6-4-2/h20-23,27-30,33-35,38-40H,3-19,24-26,31-32H2,1-2H3,(H,37,41)/b22-21+,23-20-,29-27-,30-28+.